The van der Waals surface area contributed by atoms with Crippen molar-refractivity contribution >= 4 is 28.6 Å². The molecule has 4 aromatic rings. The molecule has 0 radical (unpaired) electrons. The summed E-state index contributed by atoms with van der Waals surface area (Å²) in [5.74, 6) is -2.52. The van der Waals surface area contributed by atoms with Gasteiger partial charge in [-0.2, -0.15) is 5.10 Å². The zero-order valence-electron chi connectivity index (χ0n) is 13.5. The average molecular weight is 370 g/mol. The highest BCUT2D eigenvalue weighted by molar-refractivity contribution is 7.13. The molecule has 1 N–H and O–H groups in total. The first-order valence-corrected chi connectivity index (χ1v) is 8.57. The Bertz CT molecular complexity index is 1120. The molecule has 1 aromatic carbocycles. The van der Waals surface area contributed by atoms with Crippen LogP contribution >= 0.6 is 11.3 Å². The van der Waals surface area contributed by atoms with Gasteiger partial charge in [-0.05, 0) is 36.6 Å². The van der Waals surface area contributed by atoms with Crippen LogP contribution in [-0.4, -0.2) is 20.5 Å². The predicted octanol–water partition coefficient (Wildman–Crippen LogP) is 4.30. The van der Waals surface area contributed by atoms with Crippen molar-refractivity contribution in [2.24, 2.45) is 0 Å². The zero-order chi connectivity index (χ0) is 18.3. The number of hydrogen-bond donors (Lipinski definition) is 1. The van der Waals surface area contributed by atoms with E-state index in [2.05, 4.69) is 15.4 Å². The molecule has 1 amide bonds. The van der Waals surface area contributed by atoms with Gasteiger partial charge in [0, 0.05) is 23.5 Å². The number of amides is 1. The largest absolute Gasteiger partial charge is 0.321 e. The number of aryl methyl sites for hydroxylation is 1. The maximum atomic E-state index is 13.3. The first-order valence-electron chi connectivity index (χ1n) is 7.69. The van der Waals surface area contributed by atoms with Crippen LogP contribution in [-0.2, 0) is 0 Å². The van der Waals surface area contributed by atoms with Gasteiger partial charge in [0.05, 0.1) is 4.88 Å². The Morgan fingerprint density at radius 1 is 1.15 bits per heavy atom. The molecule has 8 heteroatoms. The maximum Gasteiger partial charge on any atom is 0.274 e. The smallest absolute Gasteiger partial charge is 0.274 e. The van der Waals surface area contributed by atoms with Crippen molar-refractivity contribution in [2.45, 2.75) is 6.92 Å². The number of benzene rings is 1. The van der Waals surface area contributed by atoms with E-state index in [9.17, 15) is 13.6 Å². The molecule has 0 fully saturated rings. The normalized spacial score (nSPS) is 11.0. The zero-order valence-corrected chi connectivity index (χ0v) is 14.3. The molecule has 0 aliphatic carbocycles. The molecule has 0 atom stereocenters. The van der Waals surface area contributed by atoms with Crippen LogP contribution in [0.3, 0.4) is 0 Å². The number of nitrogens with one attached hydrogen (secondary N) is 1. The highest BCUT2D eigenvalue weighted by Gasteiger charge is 2.14. The molecule has 0 saturated carbocycles. The van der Waals surface area contributed by atoms with E-state index >= 15 is 0 Å². The van der Waals surface area contributed by atoms with Gasteiger partial charge in [-0.3, -0.25) is 4.79 Å². The van der Waals surface area contributed by atoms with E-state index < -0.39 is 17.5 Å². The van der Waals surface area contributed by atoms with Gasteiger partial charge < -0.3 is 5.32 Å². The Hall–Kier alpha value is -3.13. The quantitative estimate of drug-likeness (QED) is 0.585. The molecule has 5 nitrogen and oxygen atoms in total. The summed E-state index contributed by atoms with van der Waals surface area (Å²) in [7, 11) is 0. The number of carbonyl (C=O) groups excluding carboxylic acids is 1. The van der Waals surface area contributed by atoms with Gasteiger partial charge in [0.2, 0.25) is 0 Å². The van der Waals surface area contributed by atoms with Gasteiger partial charge in [-0.25, -0.2) is 18.3 Å². The van der Waals surface area contributed by atoms with Crippen LogP contribution in [0.15, 0.2) is 47.8 Å². The van der Waals surface area contributed by atoms with Crippen LogP contribution in [0, 0.1) is 18.6 Å². The summed E-state index contributed by atoms with van der Waals surface area (Å²) in [5.41, 5.74) is 2.35. The van der Waals surface area contributed by atoms with Gasteiger partial charge in [-0.1, -0.05) is 6.07 Å². The van der Waals surface area contributed by atoms with E-state index in [0.29, 0.717) is 5.65 Å². The van der Waals surface area contributed by atoms with Crippen LogP contribution in [0.1, 0.15) is 16.2 Å². The van der Waals surface area contributed by atoms with Crippen LogP contribution in [0.25, 0.3) is 16.2 Å². The third-order valence-electron chi connectivity index (χ3n) is 3.79. The molecular weight excluding hydrogens is 358 g/mol. The Morgan fingerprint density at radius 2 is 2.00 bits per heavy atom. The monoisotopic (exact) mass is 370 g/mol. The minimum absolute atomic E-state index is 0.154. The molecule has 26 heavy (non-hydrogen) atoms. The van der Waals surface area contributed by atoms with Crippen molar-refractivity contribution in [3.63, 3.8) is 0 Å². The summed E-state index contributed by atoms with van der Waals surface area (Å²) in [4.78, 5) is 17.8. The number of hydrogen-bond acceptors (Lipinski definition) is 4. The number of rotatable bonds is 3. The third kappa shape index (κ3) is 2.95. The predicted molar refractivity (Wildman–Crippen MR) is 95.3 cm³/mol. The van der Waals surface area contributed by atoms with Gasteiger partial charge in [0.15, 0.2) is 17.3 Å². The summed E-state index contributed by atoms with van der Waals surface area (Å²) < 4.78 is 27.9. The molecule has 0 aliphatic rings. The van der Waals surface area contributed by atoms with E-state index in [4.69, 9.17) is 0 Å². The van der Waals surface area contributed by atoms with Gasteiger partial charge >= 0.3 is 0 Å². The number of fused-ring (bicyclic) bond motifs is 1. The molecule has 0 unspecified atom stereocenters. The fourth-order valence-electron chi connectivity index (χ4n) is 2.56. The molecule has 0 spiro atoms. The number of thiophene rings is 1. The molecule has 0 saturated heterocycles. The number of aromatic nitrogens is 3. The van der Waals surface area contributed by atoms with Crippen LogP contribution in [0.4, 0.5) is 14.5 Å². The van der Waals surface area contributed by atoms with E-state index in [1.165, 1.54) is 6.07 Å². The lowest BCUT2D eigenvalue weighted by Gasteiger charge is -2.07. The molecule has 3 aromatic heterocycles. The van der Waals surface area contributed by atoms with Crippen molar-refractivity contribution in [2.75, 3.05) is 5.32 Å². The summed E-state index contributed by atoms with van der Waals surface area (Å²) >= 11 is 1.56. The molecular formula is C18H12F2N4OS. The van der Waals surface area contributed by atoms with Crippen LogP contribution < -0.4 is 5.32 Å². The second-order valence-corrected chi connectivity index (χ2v) is 6.59. The number of anilines is 1. The lowest BCUT2D eigenvalue weighted by atomic mass is 10.2. The Balaban J connectivity index is 1.67. The number of nitrogens with zero attached hydrogens (tertiary/aromatic N) is 3. The van der Waals surface area contributed by atoms with E-state index in [1.807, 2.05) is 24.4 Å². The summed E-state index contributed by atoms with van der Waals surface area (Å²) in [6, 6.07) is 10.4. The Labute approximate surface area is 150 Å². The Kier molecular flexibility index (Phi) is 3.96. The first-order chi connectivity index (χ1) is 12.5. The van der Waals surface area contributed by atoms with Crippen molar-refractivity contribution < 1.29 is 13.6 Å². The fourth-order valence-corrected chi connectivity index (χ4v) is 3.24. The van der Waals surface area contributed by atoms with Gasteiger partial charge in [0.1, 0.15) is 11.4 Å². The maximum absolute atomic E-state index is 13.3. The fraction of sp³-hybridized carbons (Fsp3) is 0.0556. The van der Waals surface area contributed by atoms with Crippen LogP contribution in [0.5, 0.6) is 0 Å². The lowest BCUT2D eigenvalue weighted by Crippen LogP contribution is -2.15. The highest BCUT2D eigenvalue weighted by atomic mass is 32.1. The van der Waals surface area contributed by atoms with E-state index in [0.717, 1.165) is 28.4 Å². The minimum atomic E-state index is -1.03. The topological polar surface area (TPSA) is 59.3 Å². The Morgan fingerprint density at radius 3 is 2.73 bits per heavy atom. The standard InChI is InChI=1S/C18H12F2N4OS/c1-10-7-15(18(25)21-11-4-5-12(19)13(20)8-11)22-17-9-14(23-24(10)17)16-3-2-6-26-16/h2-9H,1H3,(H,21,25). The van der Waals surface area contributed by atoms with E-state index in [1.54, 1.807) is 28.0 Å². The minimum Gasteiger partial charge on any atom is -0.321 e. The number of halogens is 2. The third-order valence-corrected chi connectivity index (χ3v) is 4.68. The number of carbonyl (C=O) groups is 1. The second-order valence-electron chi connectivity index (χ2n) is 5.64. The lowest BCUT2D eigenvalue weighted by molar-refractivity contribution is 0.102. The molecule has 0 bridgehead atoms. The summed E-state index contributed by atoms with van der Waals surface area (Å²) in [6.07, 6.45) is 0. The molecule has 4 rings (SSSR count). The summed E-state index contributed by atoms with van der Waals surface area (Å²) in [5, 5.41) is 8.98. The second kappa shape index (κ2) is 6.30. The van der Waals surface area contributed by atoms with Crippen molar-refractivity contribution in [3.05, 3.63) is 70.9 Å². The molecule has 130 valence electrons. The molecule has 3 heterocycles. The van der Waals surface area contributed by atoms with Crippen LogP contribution in [0.2, 0.25) is 0 Å². The first kappa shape index (κ1) is 16.3. The average Bonchev–Trinajstić information content (AvgIpc) is 3.27. The van der Waals surface area contributed by atoms with Crippen molar-refractivity contribution in [1.29, 1.82) is 0 Å². The van der Waals surface area contributed by atoms with Gasteiger partial charge in [0.25, 0.3) is 5.91 Å². The SMILES string of the molecule is Cc1cc(C(=O)Nc2ccc(F)c(F)c2)nc2cc(-c3cccs3)nn12. The molecule has 0 aliphatic heterocycles. The van der Waals surface area contributed by atoms with Gasteiger partial charge in [-0.15, -0.1) is 11.3 Å². The highest BCUT2D eigenvalue weighted by Crippen LogP contribution is 2.24. The van der Waals surface area contributed by atoms with E-state index in [-0.39, 0.29) is 11.4 Å². The van der Waals surface area contributed by atoms with Crippen molar-refractivity contribution in [1.82, 2.24) is 14.6 Å². The van der Waals surface area contributed by atoms with Crippen molar-refractivity contribution in [3.8, 4) is 10.6 Å². The summed E-state index contributed by atoms with van der Waals surface area (Å²) in [6.45, 7) is 1.81.